The Kier molecular flexibility index (Phi) is 11.5. The van der Waals surface area contributed by atoms with Crippen LogP contribution in [0, 0.1) is 5.95 Å². The minimum atomic E-state index is -0.431. The largest absolute Gasteiger partial charge is 0.354 e. The van der Waals surface area contributed by atoms with Crippen LogP contribution in [0.25, 0.3) is 0 Å². The number of carbonyl (C=O) groups excluding carboxylic acids is 2. The Morgan fingerprint density at radius 3 is 1.76 bits per heavy atom. The number of amides is 2. The van der Waals surface area contributed by atoms with Crippen molar-refractivity contribution in [1.29, 1.82) is 0 Å². The zero-order valence-electron chi connectivity index (χ0n) is 21.9. The predicted molar refractivity (Wildman–Crippen MR) is 149 cm³/mol. The van der Waals surface area contributed by atoms with Crippen molar-refractivity contribution in [2.24, 2.45) is 0 Å². The van der Waals surface area contributed by atoms with Gasteiger partial charge in [-0.05, 0) is 34.4 Å². The Labute approximate surface area is 229 Å². The second-order valence-electron chi connectivity index (χ2n) is 9.17. The highest BCUT2D eigenvalue weighted by Gasteiger charge is 2.18. The summed E-state index contributed by atoms with van der Waals surface area (Å²) in [5.41, 5.74) is 4.53. The van der Waals surface area contributed by atoms with Crippen LogP contribution in [0.15, 0.2) is 66.7 Å². The predicted octanol–water partition coefficient (Wildman–Crippen LogP) is 4.24. The molecule has 0 aliphatic carbocycles. The van der Waals surface area contributed by atoms with Gasteiger partial charge in [-0.15, -0.1) is 11.6 Å². The van der Waals surface area contributed by atoms with E-state index < -0.39 is 5.95 Å². The fraction of sp³-hybridized carbons (Fsp3) is 0.345. The first kappa shape index (κ1) is 29.1. The van der Waals surface area contributed by atoms with E-state index in [9.17, 15) is 14.0 Å². The molecule has 0 atom stereocenters. The fourth-order valence-corrected chi connectivity index (χ4v) is 4.11. The first-order valence-corrected chi connectivity index (χ1v) is 13.2. The van der Waals surface area contributed by atoms with E-state index >= 15 is 0 Å². The van der Waals surface area contributed by atoms with Gasteiger partial charge in [-0.2, -0.15) is 4.39 Å². The normalized spacial score (nSPS) is 13.3. The SMILES string of the molecule is CC(=O)NCc1ccc(CCl)cc1.CC(=O)NCc1ccc(CN2CCN(c3cccc(F)n3)CC2)cc1. The average Bonchev–Trinajstić information content (AvgIpc) is 2.92. The number of anilines is 1. The van der Waals surface area contributed by atoms with Gasteiger partial charge in [0.25, 0.3) is 0 Å². The standard InChI is InChI=1S/C19H23FN4O.C10H12ClNO/c1-15(25)21-13-16-5-7-17(8-6-16)14-23-9-11-24(12-10-23)19-4-2-3-18(20)22-19;1-8(13)12-7-10-4-2-9(6-11)3-5-10/h2-8H,9-14H2,1H3,(H,21,25);2-5H,6-7H2,1H3,(H,12,13). The molecule has 1 aliphatic heterocycles. The molecule has 2 amide bonds. The minimum Gasteiger partial charge on any atom is -0.354 e. The second-order valence-corrected chi connectivity index (χ2v) is 9.44. The van der Waals surface area contributed by atoms with Gasteiger partial charge in [-0.1, -0.05) is 54.6 Å². The topological polar surface area (TPSA) is 77.6 Å². The highest BCUT2D eigenvalue weighted by Crippen LogP contribution is 2.16. The lowest BCUT2D eigenvalue weighted by molar-refractivity contribution is -0.120. The third-order valence-electron chi connectivity index (χ3n) is 6.09. The minimum absolute atomic E-state index is 0.0126. The molecule has 2 aromatic carbocycles. The van der Waals surface area contributed by atoms with Crippen LogP contribution >= 0.6 is 11.6 Å². The molecule has 0 saturated carbocycles. The zero-order chi connectivity index (χ0) is 27.3. The lowest BCUT2D eigenvalue weighted by atomic mass is 10.1. The summed E-state index contributed by atoms with van der Waals surface area (Å²) in [4.78, 5) is 30.0. The van der Waals surface area contributed by atoms with Gasteiger partial charge >= 0.3 is 0 Å². The summed E-state index contributed by atoms with van der Waals surface area (Å²) in [7, 11) is 0. The van der Waals surface area contributed by atoms with Crippen molar-refractivity contribution in [1.82, 2.24) is 20.5 Å². The first-order valence-electron chi connectivity index (χ1n) is 12.6. The summed E-state index contributed by atoms with van der Waals surface area (Å²) in [5.74, 6) is 0.776. The van der Waals surface area contributed by atoms with Gasteiger partial charge in [-0.3, -0.25) is 14.5 Å². The molecular weight excluding hydrogens is 505 g/mol. The van der Waals surface area contributed by atoms with Gasteiger partial charge in [0.2, 0.25) is 17.8 Å². The van der Waals surface area contributed by atoms with Crippen molar-refractivity contribution in [3.63, 3.8) is 0 Å². The number of nitrogens with zero attached hydrogens (tertiary/aromatic N) is 3. The maximum absolute atomic E-state index is 13.2. The smallest absolute Gasteiger partial charge is 0.217 e. The fourth-order valence-electron chi connectivity index (χ4n) is 3.93. The van der Waals surface area contributed by atoms with Crippen molar-refractivity contribution >= 4 is 29.2 Å². The number of piperazine rings is 1. The van der Waals surface area contributed by atoms with E-state index in [0.29, 0.717) is 24.8 Å². The molecular formula is C29H35ClFN5O2. The molecule has 1 saturated heterocycles. The lowest BCUT2D eigenvalue weighted by Crippen LogP contribution is -2.46. The average molecular weight is 540 g/mol. The Hall–Kier alpha value is -3.49. The maximum atomic E-state index is 13.2. The van der Waals surface area contributed by atoms with Crippen molar-refractivity contribution in [2.75, 3.05) is 31.1 Å². The van der Waals surface area contributed by atoms with Crippen LogP contribution in [0.2, 0.25) is 0 Å². The van der Waals surface area contributed by atoms with E-state index in [0.717, 1.165) is 49.4 Å². The number of hydrogen-bond acceptors (Lipinski definition) is 5. The number of benzene rings is 2. The number of carbonyl (C=O) groups is 2. The summed E-state index contributed by atoms with van der Waals surface area (Å²) in [6.07, 6.45) is 0. The molecule has 2 heterocycles. The summed E-state index contributed by atoms with van der Waals surface area (Å²) in [6, 6.07) is 21.1. The van der Waals surface area contributed by atoms with Gasteiger partial charge < -0.3 is 15.5 Å². The van der Waals surface area contributed by atoms with Crippen molar-refractivity contribution < 1.29 is 14.0 Å². The van der Waals surface area contributed by atoms with E-state index in [2.05, 4.69) is 49.7 Å². The molecule has 3 aromatic rings. The van der Waals surface area contributed by atoms with Gasteiger partial charge in [0.15, 0.2) is 0 Å². The van der Waals surface area contributed by atoms with Crippen molar-refractivity contribution in [3.8, 4) is 0 Å². The van der Waals surface area contributed by atoms with Crippen LogP contribution in [-0.2, 0) is 35.1 Å². The van der Waals surface area contributed by atoms with E-state index in [-0.39, 0.29) is 11.8 Å². The number of hydrogen-bond donors (Lipinski definition) is 2. The Bertz CT molecular complexity index is 1170. The van der Waals surface area contributed by atoms with Gasteiger partial charge in [-0.25, -0.2) is 4.98 Å². The molecule has 7 nitrogen and oxygen atoms in total. The van der Waals surface area contributed by atoms with E-state index in [1.54, 1.807) is 6.07 Å². The summed E-state index contributed by atoms with van der Waals surface area (Å²) >= 11 is 5.64. The summed E-state index contributed by atoms with van der Waals surface area (Å²) in [5, 5.41) is 5.53. The number of pyridine rings is 1. The molecule has 38 heavy (non-hydrogen) atoms. The molecule has 2 N–H and O–H groups in total. The van der Waals surface area contributed by atoms with Crippen LogP contribution in [0.3, 0.4) is 0 Å². The third kappa shape index (κ3) is 10.1. The van der Waals surface area contributed by atoms with E-state index in [1.807, 2.05) is 30.3 Å². The molecule has 1 aliphatic rings. The molecule has 1 aromatic heterocycles. The third-order valence-corrected chi connectivity index (χ3v) is 6.39. The highest BCUT2D eigenvalue weighted by molar-refractivity contribution is 6.17. The molecule has 0 spiro atoms. The first-order chi connectivity index (χ1) is 18.3. The zero-order valence-corrected chi connectivity index (χ0v) is 22.7. The lowest BCUT2D eigenvalue weighted by Gasteiger charge is -2.35. The van der Waals surface area contributed by atoms with E-state index in [4.69, 9.17) is 11.6 Å². The van der Waals surface area contributed by atoms with Gasteiger partial charge in [0.1, 0.15) is 5.82 Å². The molecule has 1 fully saturated rings. The quantitative estimate of drug-likeness (QED) is 0.331. The second kappa shape index (κ2) is 15.1. The molecule has 4 rings (SSSR count). The molecule has 0 unspecified atom stereocenters. The number of aromatic nitrogens is 1. The van der Waals surface area contributed by atoms with Crippen LogP contribution in [0.4, 0.5) is 10.2 Å². The highest BCUT2D eigenvalue weighted by atomic mass is 35.5. The number of alkyl halides is 1. The molecule has 0 radical (unpaired) electrons. The Morgan fingerprint density at radius 1 is 0.789 bits per heavy atom. The van der Waals surface area contributed by atoms with Gasteiger partial charge in [0, 0.05) is 65.5 Å². The summed E-state index contributed by atoms with van der Waals surface area (Å²) < 4.78 is 13.2. The number of halogens is 2. The molecule has 202 valence electrons. The Morgan fingerprint density at radius 2 is 1.29 bits per heavy atom. The van der Waals surface area contributed by atoms with Crippen LogP contribution in [-0.4, -0.2) is 47.9 Å². The number of nitrogens with one attached hydrogen (secondary N) is 2. The monoisotopic (exact) mass is 539 g/mol. The Balaban J connectivity index is 0.000000260. The van der Waals surface area contributed by atoms with Gasteiger partial charge in [0.05, 0.1) is 0 Å². The molecule has 0 bridgehead atoms. The van der Waals surface area contributed by atoms with E-state index in [1.165, 1.54) is 25.5 Å². The van der Waals surface area contributed by atoms with Crippen LogP contribution in [0.5, 0.6) is 0 Å². The van der Waals surface area contributed by atoms with Crippen molar-refractivity contribution in [3.05, 3.63) is 94.9 Å². The van der Waals surface area contributed by atoms with Crippen molar-refractivity contribution in [2.45, 2.75) is 39.4 Å². The summed E-state index contributed by atoms with van der Waals surface area (Å²) in [6.45, 7) is 8.60. The molecule has 9 heteroatoms. The maximum Gasteiger partial charge on any atom is 0.217 e. The van der Waals surface area contributed by atoms with Crippen LogP contribution < -0.4 is 15.5 Å². The van der Waals surface area contributed by atoms with Crippen LogP contribution in [0.1, 0.15) is 36.1 Å². The number of rotatable bonds is 8.